The summed E-state index contributed by atoms with van der Waals surface area (Å²) >= 11 is 0. The maximum absolute atomic E-state index is 9.68. The average molecular weight is 386 g/mol. The lowest BCUT2D eigenvalue weighted by Crippen LogP contribution is -2.36. The summed E-state index contributed by atoms with van der Waals surface area (Å²) < 4.78 is 2.21. The van der Waals surface area contributed by atoms with E-state index in [9.17, 15) is 10.4 Å². The molecular formula is C24H26N4O. The molecule has 5 nitrogen and oxygen atoms in total. The Labute approximate surface area is 171 Å². The molecule has 0 saturated carbocycles. The van der Waals surface area contributed by atoms with Gasteiger partial charge in [0, 0.05) is 30.8 Å². The van der Waals surface area contributed by atoms with Gasteiger partial charge in [-0.2, -0.15) is 5.26 Å². The normalized spacial score (nSPS) is 15.3. The van der Waals surface area contributed by atoms with Crippen molar-refractivity contribution in [1.82, 2.24) is 14.5 Å². The quantitative estimate of drug-likeness (QED) is 0.697. The Morgan fingerprint density at radius 1 is 1.00 bits per heavy atom. The molecule has 0 bridgehead atoms. The van der Waals surface area contributed by atoms with E-state index in [4.69, 9.17) is 4.98 Å². The molecule has 1 N–H and O–H groups in total. The van der Waals surface area contributed by atoms with Gasteiger partial charge in [0.2, 0.25) is 0 Å². The number of likely N-dealkylation sites (tertiary alicyclic amines) is 1. The monoisotopic (exact) mass is 386 g/mol. The minimum atomic E-state index is -0.132. The van der Waals surface area contributed by atoms with Crippen molar-refractivity contribution < 1.29 is 5.11 Å². The van der Waals surface area contributed by atoms with Crippen LogP contribution in [0, 0.1) is 11.3 Å². The zero-order chi connectivity index (χ0) is 20.1. The van der Waals surface area contributed by atoms with Gasteiger partial charge in [-0.05, 0) is 37.9 Å². The van der Waals surface area contributed by atoms with E-state index in [1.165, 1.54) is 0 Å². The van der Waals surface area contributed by atoms with Gasteiger partial charge in [0.1, 0.15) is 0 Å². The van der Waals surface area contributed by atoms with Crippen molar-refractivity contribution in [2.75, 3.05) is 19.6 Å². The van der Waals surface area contributed by atoms with E-state index in [-0.39, 0.29) is 6.10 Å². The fourth-order valence-electron chi connectivity index (χ4n) is 4.01. The molecule has 0 atom stereocenters. The predicted molar refractivity (Wildman–Crippen MR) is 114 cm³/mol. The fourth-order valence-corrected chi connectivity index (χ4v) is 4.01. The standard InChI is InChI=1S/C24H26N4O/c25-17-19-6-4-9-21(16-19)24-23(20-7-2-1-3-8-20)26-18-28(24)13-5-12-27-14-10-22(29)11-15-27/h1-4,6-9,16,18,22,29H,5,10-15H2. The number of aliphatic hydroxyl groups excluding tert-OH is 1. The maximum atomic E-state index is 9.68. The molecule has 2 heterocycles. The minimum Gasteiger partial charge on any atom is -0.393 e. The summed E-state index contributed by atoms with van der Waals surface area (Å²) in [5.41, 5.74) is 4.75. The second kappa shape index (κ2) is 9.04. The van der Waals surface area contributed by atoms with Gasteiger partial charge in [0.15, 0.2) is 0 Å². The summed E-state index contributed by atoms with van der Waals surface area (Å²) in [4.78, 5) is 7.16. The van der Waals surface area contributed by atoms with Crippen molar-refractivity contribution in [2.24, 2.45) is 0 Å². The molecule has 1 saturated heterocycles. The van der Waals surface area contributed by atoms with Crippen LogP contribution in [0.2, 0.25) is 0 Å². The van der Waals surface area contributed by atoms with E-state index in [1.54, 1.807) is 0 Å². The van der Waals surface area contributed by atoms with Gasteiger partial charge in [0.25, 0.3) is 0 Å². The SMILES string of the molecule is N#Cc1cccc(-c2c(-c3ccccc3)ncn2CCCN2CCC(O)CC2)c1. The highest BCUT2D eigenvalue weighted by Gasteiger charge is 2.18. The molecule has 3 aromatic rings. The lowest BCUT2D eigenvalue weighted by atomic mass is 10.0. The van der Waals surface area contributed by atoms with Gasteiger partial charge in [0.05, 0.1) is 35.5 Å². The van der Waals surface area contributed by atoms with E-state index in [1.807, 2.05) is 48.8 Å². The van der Waals surface area contributed by atoms with Gasteiger partial charge in [-0.25, -0.2) is 4.98 Å². The van der Waals surface area contributed by atoms with Gasteiger partial charge in [-0.3, -0.25) is 0 Å². The van der Waals surface area contributed by atoms with E-state index >= 15 is 0 Å². The van der Waals surface area contributed by atoms with Crippen LogP contribution in [0.5, 0.6) is 0 Å². The van der Waals surface area contributed by atoms with Crippen LogP contribution < -0.4 is 0 Å². The number of hydrogen-bond acceptors (Lipinski definition) is 4. The molecule has 1 aliphatic heterocycles. The first kappa shape index (κ1) is 19.4. The minimum absolute atomic E-state index is 0.132. The Morgan fingerprint density at radius 3 is 2.52 bits per heavy atom. The molecule has 1 fully saturated rings. The van der Waals surface area contributed by atoms with Crippen LogP contribution in [0.3, 0.4) is 0 Å². The molecule has 2 aromatic carbocycles. The number of imidazole rings is 1. The lowest BCUT2D eigenvalue weighted by Gasteiger charge is -2.29. The zero-order valence-corrected chi connectivity index (χ0v) is 16.5. The highest BCUT2D eigenvalue weighted by Crippen LogP contribution is 2.31. The van der Waals surface area contributed by atoms with Gasteiger partial charge in [-0.1, -0.05) is 42.5 Å². The van der Waals surface area contributed by atoms with E-state index in [2.05, 4.69) is 27.7 Å². The van der Waals surface area contributed by atoms with Gasteiger partial charge < -0.3 is 14.6 Å². The molecule has 0 radical (unpaired) electrons. The summed E-state index contributed by atoms with van der Waals surface area (Å²) in [6, 6.07) is 20.2. The molecular weight excluding hydrogens is 360 g/mol. The molecule has 1 aliphatic rings. The topological polar surface area (TPSA) is 65.1 Å². The molecule has 0 aliphatic carbocycles. The number of rotatable bonds is 6. The Kier molecular flexibility index (Phi) is 6.04. The molecule has 0 amide bonds. The number of aromatic nitrogens is 2. The van der Waals surface area contributed by atoms with Gasteiger partial charge in [-0.15, -0.1) is 0 Å². The average Bonchev–Trinajstić information content (AvgIpc) is 3.20. The molecule has 0 spiro atoms. The molecule has 4 rings (SSSR count). The number of hydrogen-bond donors (Lipinski definition) is 1. The number of piperidine rings is 1. The third-order valence-electron chi connectivity index (χ3n) is 5.58. The van der Waals surface area contributed by atoms with Crippen LogP contribution >= 0.6 is 0 Å². The Balaban J connectivity index is 1.58. The first-order valence-electron chi connectivity index (χ1n) is 10.3. The number of aliphatic hydroxyl groups is 1. The Bertz CT molecular complexity index is 982. The van der Waals surface area contributed by atoms with Crippen LogP contribution in [0.15, 0.2) is 60.9 Å². The number of aryl methyl sites for hydroxylation is 1. The second-order valence-corrected chi connectivity index (χ2v) is 7.62. The molecule has 0 unspecified atom stereocenters. The summed E-state index contributed by atoms with van der Waals surface area (Å²) in [6.45, 7) is 3.82. The summed E-state index contributed by atoms with van der Waals surface area (Å²) in [5, 5.41) is 19.0. The first-order valence-corrected chi connectivity index (χ1v) is 10.3. The van der Waals surface area contributed by atoms with Crippen LogP contribution in [-0.4, -0.2) is 45.3 Å². The highest BCUT2D eigenvalue weighted by molar-refractivity contribution is 5.79. The highest BCUT2D eigenvalue weighted by atomic mass is 16.3. The van der Waals surface area contributed by atoms with Crippen molar-refractivity contribution >= 4 is 0 Å². The third kappa shape index (κ3) is 4.56. The fraction of sp³-hybridized carbons (Fsp3) is 0.333. The Hall–Kier alpha value is -2.94. The van der Waals surface area contributed by atoms with E-state index < -0.39 is 0 Å². The maximum Gasteiger partial charge on any atom is 0.0991 e. The molecule has 29 heavy (non-hydrogen) atoms. The third-order valence-corrected chi connectivity index (χ3v) is 5.58. The van der Waals surface area contributed by atoms with Crippen LogP contribution in [-0.2, 0) is 6.54 Å². The number of nitrogens with zero attached hydrogens (tertiary/aromatic N) is 4. The summed E-state index contributed by atoms with van der Waals surface area (Å²) in [6.07, 6.45) is 4.54. The van der Waals surface area contributed by atoms with Crippen molar-refractivity contribution in [3.8, 4) is 28.6 Å². The first-order chi connectivity index (χ1) is 14.2. The molecule has 5 heteroatoms. The van der Waals surface area contributed by atoms with Crippen LogP contribution in [0.1, 0.15) is 24.8 Å². The van der Waals surface area contributed by atoms with Crippen molar-refractivity contribution in [3.05, 3.63) is 66.5 Å². The number of nitriles is 1. The van der Waals surface area contributed by atoms with Crippen molar-refractivity contribution in [3.63, 3.8) is 0 Å². The Morgan fingerprint density at radius 2 is 1.76 bits per heavy atom. The van der Waals surface area contributed by atoms with E-state index in [0.717, 1.165) is 68.0 Å². The number of benzene rings is 2. The van der Waals surface area contributed by atoms with Crippen molar-refractivity contribution in [1.29, 1.82) is 5.26 Å². The van der Waals surface area contributed by atoms with E-state index in [0.29, 0.717) is 5.56 Å². The largest absolute Gasteiger partial charge is 0.393 e. The van der Waals surface area contributed by atoms with Crippen LogP contribution in [0.25, 0.3) is 22.5 Å². The van der Waals surface area contributed by atoms with Crippen LogP contribution in [0.4, 0.5) is 0 Å². The second-order valence-electron chi connectivity index (χ2n) is 7.62. The van der Waals surface area contributed by atoms with Gasteiger partial charge >= 0.3 is 0 Å². The van der Waals surface area contributed by atoms with Crippen molar-refractivity contribution in [2.45, 2.75) is 31.9 Å². The molecule has 148 valence electrons. The zero-order valence-electron chi connectivity index (χ0n) is 16.5. The lowest BCUT2D eigenvalue weighted by molar-refractivity contribution is 0.0815. The smallest absolute Gasteiger partial charge is 0.0991 e. The predicted octanol–water partition coefficient (Wildman–Crippen LogP) is 3.94. The molecule has 1 aromatic heterocycles. The summed E-state index contributed by atoms with van der Waals surface area (Å²) in [5.74, 6) is 0. The summed E-state index contributed by atoms with van der Waals surface area (Å²) in [7, 11) is 0.